The van der Waals surface area contributed by atoms with Crippen molar-refractivity contribution in [2.24, 2.45) is 0 Å². The standard InChI is InChI=1S/C15H12F2O3/c1-9-6-10(15(18)19)3-5-14(9)20-8-11-2-4-12(16)7-13(11)17/h2-7H,8H2,1H3,(H,18,19). The highest BCUT2D eigenvalue weighted by atomic mass is 19.1. The SMILES string of the molecule is Cc1cc(C(=O)O)ccc1OCc1ccc(F)cc1F. The Labute approximate surface area is 114 Å². The van der Waals surface area contributed by atoms with Crippen LogP contribution in [0.2, 0.25) is 0 Å². The van der Waals surface area contributed by atoms with Gasteiger partial charge in [-0.15, -0.1) is 0 Å². The van der Waals surface area contributed by atoms with Gasteiger partial charge in [-0.25, -0.2) is 13.6 Å². The molecule has 0 aliphatic heterocycles. The molecule has 0 aromatic heterocycles. The lowest BCUT2D eigenvalue weighted by Crippen LogP contribution is -2.02. The molecule has 2 aromatic rings. The third-order valence-electron chi connectivity index (χ3n) is 2.82. The number of rotatable bonds is 4. The fourth-order valence-electron chi connectivity index (χ4n) is 1.74. The Morgan fingerprint density at radius 1 is 1.20 bits per heavy atom. The molecule has 0 aliphatic carbocycles. The lowest BCUT2D eigenvalue weighted by atomic mass is 10.1. The number of hydrogen-bond acceptors (Lipinski definition) is 2. The van der Waals surface area contributed by atoms with Crippen LogP contribution in [0.5, 0.6) is 5.75 Å². The monoisotopic (exact) mass is 278 g/mol. The van der Waals surface area contributed by atoms with Gasteiger partial charge in [0.25, 0.3) is 0 Å². The van der Waals surface area contributed by atoms with E-state index in [4.69, 9.17) is 9.84 Å². The van der Waals surface area contributed by atoms with Gasteiger partial charge in [-0.3, -0.25) is 0 Å². The first-order chi connectivity index (χ1) is 9.47. The zero-order valence-electron chi connectivity index (χ0n) is 10.7. The molecule has 3 nitrogen and oxygen atoms in total. The molecule has 0 bridgehead atoms. The average Bonchev–Trinajstić information content (AvgIpc) is 2.38. The molecule has 0 aliphatic rings. The molecule has 104 valence electrons. The quantitative estimate of drug-likeness (QED) is 0.930. The Morgan fingerprint density at radius 3 is 2.55 bits per heavy atom. The first-order valence-corrected chi connectivity index (χ1v) is 5.88. The lowest BCUT2D eigenvalue weighted by Gasteiger charge is -2.10. The van der Waals surface area contributed by atoms with Crippen LogP contribution in [0.4, 0.5) is 8.78 Å². The molecule has 2 rings (SSSR count). The van der Waals surface area contributed by atoms with Gasteiger partial charge in [0, 0.05) is 11.6 Å². The molecule has 0 fully saturated rings. The van der Waals surface area contributed by atoms with E-state index in [-0.39, 0.29) is 17.7 Å². The second-order valence-electron chi connectivity index (χ2n) is 4.31. The summed E-state index contributed by atoms with van der Waals surface area (Å²) in [6.07, 6.45) is 0. The summed E-state index contributed by atoms with van der Waals surface area (Å²) in [4.78, 5) is 10.8. The second kappa shape index (κ2) is 5.69. The van der Waals surface area contributed by atoms with E-state index in [0.29, 0.717) is 11.3 Å². The number of carbonyl (C=O) groups is 1. The average molecular weight is 278 g/mol. The maximum absolute atomic E-state index is 13.4. The fraction of sp³-hybridized carbons (Fsp3) is 0.133. The smallest absolute Gasteiger partial charge is 0.335 e. The van der Waals surface area contributed by atoms with Crippen LogP contribution in [-0.2, 0) is 6.61 Å². The van der Waals surface area contributed by atoms with Crippen molar-refractivity contribution >= 4 is 5.97 Å². The van der Waals surface area contributed by atoms with Crippen molar-refractivity contribution in [3.05, 3.63) is 64.7 Å². The first-order valence-electron chi connectivity index (χ1n) is 5.88. The van der Waals surface area contributed by atoms with Crippen LogP contribution in [0.3, 0.4) is 0 Å². The highest BCUT2D eigenvalue weighted by Gasteiger charge is 2.08. The predicted octanol–water partition coefficient (Wildman–Crippen LogP) is 3.55. The van der Waals surface area contributed by atoms with Crippen molar-refractivity contribution in [3.8, 4) is 5.75 Å². The van der Waals surface area contributed by atoms with Crippen LogP contribution in [-0.4, -0.2) is 11.1 Å². The molecule has 1 N–H and O–H groups in total. The zero-order valence-corrected chi connectivity index (χ0v) is 10.7. The van der Waals surface area contributed by atoms with E-state index < -0.39 is 17.6 Å². The number of ether oxygens (including phenoxy) is 1. The number of halogens is 2. The lowest BCUT2D eigenvalue weighted by molar-refractivity contribution is 0.0696. The molecular weight excluding hydrogens is 266 g/mol. The van der Waals surface area contributed by atoms with Crippen LogP contribution in [0.1, 0.15) is 21.5 Å². The number of benzene rings is 2. The van der Waals surface area contributed by atoms with Crippen LogP contribution in [0.25, 0.3) is 0 Å². The molecule has 0 unspecified atom stereocenters. The summed E-state index contributed by atoms with van der Waals surface area (Å²) in [5.74, 6) is -1.89. The second-order valence-corrected chi connectivity index (χ2v) is 4.31. The summed E-state index contributed by atoms with van der Waals surface area (Å²) in [6.45, 7) is 1.64. The summed E-state index contributed by atoms with van der Waals surface area (Å²) in [7, 11) is 0. The van der Waals surface area contributed by atoms with Crippen molar-refractivity contribution in [1.82, 2.24) is 0 Å². The van der Waals surface area contributed by atoms with Crippen molar-refractivity contribution in [3.63, 3.8) is 0 Å². The number of hydrogen-bond donors (Lipinski definition) is 1. The largest absolute Gasteiger partial charge is 0.489 e. The van der Waals surface area contributed by atoms with E-state index in [9.17, 15) is 13.6 Å². The molecule has 0 saturated carbocycles. The molecule has 0 heterocycles. The summed E-state index contributed by atoms with van der Waals surface area (Å²) in [6, 6.07) is 7.65. The minimum Gasteiger partial charge on any atom is -0.489 e. The van der Waals surface area contributed by atoms with Crippen molar-refractivity contribution in [2.75, 3.05) is 0 Å². The molecule has 20 heavy (non-hydrogen) atoms. The van der Waals surface area contributed by atoms with Crippen LogP contribution < -0.4 is 4.74 Å². The molecular formula is C15H12F2O3. The minimum atomic E-state index is -1.02. The molecule has 0 saturated heterocycles. The number of aryl methyl sites for hydroxylation is 1. The fourth-order valence-corrected chi connectivity index (χ4v) is 1.74. The molecule has 0 radical (unpaired) electrons. The van der Waals surface area contributed by atoms with E-state index in [2.05, 4.69) is 0 Å². The van der Waals surface area contributed by atoms with Gasteiger partial charge < -0.3 is 9.84 Å². The van der Waals surface area contributed by atoms with Gasteiger partial charge in [-0.2, -0.15) is 0 Å². The van der Waals surface area contributed by atoms with E-state index >= 15 is 0 Å². The minimum absolute atomic E-state index is 0.0562. The number of aromatic carboxylic acids is 1. The molecule has 0 spiro atoms. The molecule has 0 atom stereocenters. The Kier molecular flexibility index (Phi) is 3.98. The van der Waals surface area contributed by atoms with Crippen LogP contribution in [0.15, 0.2) is 36.4 Å². The molecule has 0 amide bonds. The zero-order chi connectivity index (χ0) is 14.7. The summed E-state index contributed by atoms with van der Waals surface area (Å²) >= 11 is 0. The van der Waals surface area contributed by atoms with E-state index in [1.807, 2.05) is 0 Å². The van der Waals surface area contributed by atoms with Gasteiger partial charge in [0.2, 0.25) is 0 Å². The van der Waals surface area contributed by atoms with Gasteiger partial charge in [-0.05, 0) is 42.8 Å². The topological polar surface area (TPSA) is 46.5 Å². The van der Waals surface area contributed by atoms with E-state index in [0.717, 1.165) is 12.1 Å². The Hall–Kier alpha value is -2.43. The van der Waals surface area contributed by atoms with E-state index in [1.54, 1.807) is 6.92 Å². The first kappa shape index (κ1) is 14.0. The molecule has 2 aromatic carbocycles. The maximum atomic E-state index is 13.4. The maximum Gasteiger partial charge on any atom is 0.335 e. The van der Waals surface area contributed by atoms with Gasteiger partial charge >= 0.3 is 5.97 Å². The summed E-state index contributed by atoms with van der Waals surface area (Å²) in [5, 5.41) is 8.84. The van der Waals surface area contributed by atoms with Crippen LogP contribution in [0, 0.1) is 18.6 Å². The third-order valence-corrected chi connectivity index (χ3v) is 2.82. The summed E-state index contributed by atoms with van der Waals surface area (Å²) < 4.78 is 31.6. The van der Waals surface area contributed by atoms with Gasteiger partial charge in [-0.1, -0.05) is 0 Å². The van der Waals surface area contributed by atoms with Crippen molar-refractivity contribution in [2.45, 2.75) is 13.5 Å². The van der Waals surface area contributed by atoms with E-state index in [1.165, 1.54) is 24.3 Å². The summed E-state index contributed by atoms with van der Waals surface area (Å²) in [5.41, 5.74) is 1.02. The highest BCUT2D eigenvalue weighted by Crippen LogP contribution is 2.21. The third kappa shape index (κ3) is 3.12. The normalized spacial score (nSPS) is 10.3. The van der Waals surface area contributed by atoms with Gasteiger partial charge in [0.1, 0.15) is 24.0 Å². The number of carboxylic acid groups (broad SMARTS) is 1. The molecule has 5 heteroatoms. The predicted molar refractivity (Wildman–Crippen MR) is 68.8 cm³/mol. The van der Waals surface area contributed by atoms with Gasteiger partial charge in [0.15, 0.2) is 0 Å². The van der Waals surface area contributed by atoms with Gasteiger partial charge in [0.05, 0.1) is 5.56 Å². The van der Waals surface area contributed by atoms with Crippen molar-refractivity contribution in [1.29, 1.82) is 0 Å². The Bertz CT molecular complexity index is 654. The number of carboxylic acids is 1. The Morgan fingerprint density at radius 2 is 1.95 bits per heavy atom. The Balaban J connectivity index is 2.13. The van der Waals surface area contributed by atoms with Crippen molar-refractivity contribution < 1.29 is 23.4 Å². The van der Waals surface area contributed by atoms with Crippen LogP contribution >= 0.6 is 0 Å². The highest BCUT2D eigenvalue weighted by molar-refractivity contribution is 5.88.